The lowest BCUT2D eigenvalue weighted by molar-refractivity contribution is 0.134. The minimum Gasteiger partial charge on any atom is -0.380 e. The molecule has 7 heteroatoms. The summed E-state index contributed by atoms with van der Waals surface area (Å²) in [6, 6.07) is 5.85. The number of benzene rings is 1. The van der Waals surface area contributed by atoms with E-state index in [-0.39, 0.29) is 11.9 Å². The summed E-state index contributed by atoms with van der Waals surface area (Å²) in [5.74, 6) is 0.613. The number of nitrogen functional groups attached to an aromatic ring is 2. The Bertz CT molecular complexity index is 598. The Morgan fingerprint density at radius 1 is 1.00 bits per heavy atom. The maximum absolute atomic E-state index is 5.67. The number of ether oxygens (including phenoxy) is 2. The lowest BCUT2D eigenvalue weighted by Crippen LogP contribution is -2.08. The highest BCUT2D eigenvalue weighted by atomic mass is 16.5. The summed E-state index contributed by atoms with van der Waals surface area (Å²) in [5.41, 5.74) is 14.1. The molecule has 21 heavy (non-hydrogen) atoms. The van der Waals surface area contributed by atoms with E-state index in [0.717, 1.165) is 16.7 Å². The Morgan fingerprint density at radius 2 is 1.62 bits per heavy atom. The molecular formula is C14H19N5O2. The Balaban J connectivity index is 2.56. The lowest BCUT2D eigenvalue weighted by atomic mass is 10.0. The van der Waals surface area contributed by atoms with Crippen LogP contribution in [0.3, 0.4) is 0 Å². The van der Waals surface area contributed by atoms with Gasteiger partial charge in [-0.1, -0.05) is 18.2 Å². The molecule has 2 aromatic rings. The van der Waals surface area contributed by atoms with Gasteiger partial charge in [-0.15, -0.1) is 0 Å². The van der Waals surface area contributed by atoms with Crippen LogP contribution >= 0.6 is 0 Å². The Morgan fingerprint density at radius 3 is 2.19 bits per heavy atom. The van der Waals surface area contributed by atoms with Gasteiger partial charge in [-0.25, -0.2) is 0 Å². The number of rotatable bonds is 6. The van der Waals surface area contributed by atoms with Crippen LogP contribution in [-0.2, 0) is 22.7 Å². The van der Waals surface area contributed by atoms with Crippen LogP contribution in [0, 0.1) is 0 Å². The van der Waals surface area contributed by atoms with E-state index in [0.29, 0.717) is 25.6 Å². The van der Waals surface area contributed by atoms with Crippen LogP contribution < -0.4 is 11.5 Å². The number of aromatic nitrogens is 3. The Labute approximate surface area is 123 Å². The van der Waals surface area contributed by atoms with Crippen molar-refractivity contribution >= 4 is 11.9 Å². The SMILES string of the molecule is CCOCc1cccc(COC)c1-c1nc(N)nc(N)n1. The Hall–Kier alpha value is -2.25. The van der Waals surface area contributed by atoms with Crippen LogP contribution in [0.2, 0.25) is 0 Å². The van der Waals surface area contributed by atoms with Crippen LogP contribution in [-0.4, -0.2) is 28.7 Å². The molecule has 0 aliphatic carbocycles. The maximum Gasteiger partial charge on any atom is 0.225 e. The largest absolute Gasteiger partial charge is 0.380 e. The number of nitrogens with zero attached hydrogens (tertiary/aromatic N) is 3. The average molecular weight is 289 g/mol. The van der Waals surface area contributed by atoms with Gasteiger partial charge in [-0.05, 0) is 18.1 Å². The summed E-state index contributed by atoms with van der Waals surface area (Å²) in [6.45, 7) is 3.45. The summed E-state index contributed by atoms with van der Waals surface area (Å²) < 4.78 is 10.7. The van der Waals surface area contributed by atoms with Crippen molar-refractivity contribution in [2.75, 3.05) is 25.2 Å². The number of methoxy groups -OCH3 is 1. The average Bonchev–Trinajstić information content (AvgIpc) is 2.44. The lowest BCUT2D eigenvalue weighted by Gasteiger charge is -2.14. The molecule has 0 radical (unpaired) electrons. The van der Waals surface area contributed by atoms with Crippen LogP contribution in [0.25, 0.3) is 11.4 Å². The van der Waals surface area contributed by atoms with Gasteiger partial charge in [-0.2, -0.15) is 15.0 Å². The smallest absolute Gasteiger partial charge is 0.225 e. The first kappa shape index (κ1) is 15.1. The first-order chi connectivity index (χ1) is 10.2. The van der Waals surface area contributed by atoms with E-state index in [4.69, 9.17) is 20.9 Å². The number of hydrogen-bond donors (Lipinski definition) is 2. The van der Waals surface area contributed by atoms with Gasteiger partial charge in [0.1, 0.15) is 0 Å². The fourth-order valence-corrected chi connectivity index (χ4v) is 2.07. The van der Waals surface area contributed by atoms with Crippen LogP contribution in [0.4, 0.5) is 11.9 Å². The molecule has 0 aliphatic heterocycles. The third-order valence-electron chi connectivity index (χ3n) is 2.89. The quantitative estimate of drug-likeness (QED) is 0.826. The topological polar surface area (TPSA) is 109 Å². The fraction of sp³-hybridized carbons (Fsp3) is 0.357. The van der Waals surface area contributed by atoms with Crippen molar-refractivity contribution in [2.45, 2.75) is 20.1 Å². The molecule has 0 fully saturated rings. The monoisotopic (exact) mass is 289 g/mol. The zero-order valence-electron chi connectivity index (χ0n) is 12.2. The highest BCUT2D eigenvalue weighted by molar-refractivity contribution is 5.66. The molecule has 0 bridgehead atoms. The molecular weight excluding hydrogens is 270 g/mol. The second kappa shape index (κ2) is 6.96. The molecule has 7 nitrogen and oxygen atoms in total. The highest BCUT2D eigenvalue weighted by Gasteiger charge is 2.15. The predicted octanol–water partition coefficient (Wildman–Crippen LogP) is 1.39. The minimum atomic E-state index is 0.0899. The second-order valence-corrected chi connectivity index (χ2v) is 4.40. The van der Waals surface area contributed by atoms with E-state index >= 15 is 0 Å². The van der Waals surface area contributed by atoms with Crippen molar-refractivity contribution in [3.05, 3.63) is 29.3 Å². The summed E-state index contributed by atoms with van der Waals surface area (Å²) in [6.07, 6.45) is 0. The van der Waals surface area contributed by atoms with Crippen molar-refractivity contribution in [3.8, 4) is 11.4 Å². The number of anilines is 2. The van der Waals surface area contributed by atoms with Crippen molar-refractivity contribution < 1.29 is 9.47 Å². The van der Waals surface area contributed by atoms with Gasteiger partial charge >= 0.3 is 0 Å². The van der Waals surface area contributed by atoms with Gasteiger partial charge in [0, 0.05) is 19.3 Å². The first-order valence-corrected chi connectivity index (χ1v) is 6.60. The fourth-order valence-electron chi connectivity index (χ4n) is 2.07. The standard InChI is InChI=1S/C14H19N5O2/c1-3-21-8-10-6-4-5-9(7-20-2)11(10)12-17-13(15)19-14(16)18-12/h4-6H,3,7-8H2,1-2H3,(H4,15,16,17,18,19). The predicted molar refractivity (Wildman–Crippen MR) is 80.1 cm³/mol. The van der Waals surface area contributed by atoms with Crippen LogP contribution in [0.1, 0.15) is 18.1 Å². The molecule has 0 atom stereocenters. The number of hydrogen-bond acceptors (Lipinski definition) is 7. The van der Waals surface area contributed by atoms with Crippen LogP contribution in [0.15, 0.2) is 18.2 Å². The minimum absolute atomic E-state index is 0.0899. The zero-order chi connectivity index (χ0) is 15.2. The van der Waals surface area contributed by atoms with Crippen molar-refractivity contribution in [2.24, 2.45) is 0 Å². The maximum atomic E-state index is 5.67. The highest BCUT2D eigenvalue weighted by Crippen LogP contribution is 2.27. The zero-order valence-corrected chi connectivity index (χ0v) is 12.2. The molecule has 0 unspecified atom stereocenters. The molecule has 0 saturated carbocycles. The van der Waals surface area contributed by atoms with Gasteiger partial charge in [0.25, 0.3) is 0 Å². The van der Waals surface area contributed by atoms with E-state index in [1.807, 2.05) is 25.1 Å². The van der Waals surface area contributed by atoms with E-state index < -0.39 is 0 Å². The molecule has 2 rings (SSSR count). The normalized spacial score (nSPS) is 10.8. The van der Waals surface area contributed by atoms with Gasteiger partial charge in [-0.3, -0.25) is 0 Å². The van der Waals surface area contributed by atoms with Crippen molar-refractivity contribution in [1.82, 2.24) is 15.0 Å². The van der Waals surface area contributed by atoms with Crippen LogP contribution in [0.5, 0.6) is 0 Å². The number of nitrogens with two attached hydrogens (primary N) is 2. The molecule has 1 aromatic heterocycles. The molecule has 4 N–H and O–H groups in total. The molecule has 1 heterocycles. The van der Waals surface area contributed by atoms with Crippen molar-refractivity contribution in [1.29, 1.82) is 0 Å². The van der Waals surface area contributed by atoms with Gasteiger partial charge in [0.2, 0.25) is 11.9 Å². The van der Waals surface area contributed by atoms with Gasteiger partial charge < -0.3 is 20.9 Å². The summed E-state index contributed by atoms with van der Waals surface area (Å²) >= 11 is 0. The molecule has 1 aromatic carbocycles. The third-order valence-corrected chi connectivity index (χ3v) is 2.89. The molecule has 0 amide bonds. The van der Waals surface area contributed by atoms with E-state index in [1.165, 1.54) is 0 Å². The summed E-state index contributed by atoms with van der Waals surface area (Å²) in [5, 5.41) is 0. The van der Waals surface area contributed by atoms with Crippen molar-refractivity contribution in [3.63, 3.8) is 0 Å². The molecule has 0 aliphatic rings. The summed E-state index contributed by atoms with van der Waals surface area (Å²) in [4.78, 5) is 12.2. The Kier molecular flexibility index (Phi) is 5.02. The van der Waals surface area contributed by atoms with E-state index in [1.54, 1.807) is 7.11 Å². The van der Waals surface area contributed by atoms with E-state index in [9.17, 15) is 0 Å². The van der Waals surface area contributed by atoms with Gasteiger partial charge in [0.05, 0.1) is 13.2 Å². The molecule has 0 saturated heterocycles. The summed E-state index contributed by atoms with van der Waals surface area (Å²) in [7, 11) is 1.63. The third kappa shape index (κ3) is 3.65. The molecule has 112 valence electrons. The first-order valence-electron chi connectivity index (χ1n) is 6.60. The molecule has 0 spiro atoms. The van der Waals surface area contributed by atoms with E-state index in [2.05, 4.69) is 15.0 Å². The van der Waals surface area contributed by atoms with Gasteiger partial charge in [0.15, 0.2) is 5.82 Å². The second-order valence-electron chi connectivity index (χ2n) is 4.40.